The molecule has 0 saturated heterocycles. The fourth-order valence-corrected chi connectivity index (χ4v) is 2.59. The van der Waals surface area contributed by atoms with E-state index in [4.69, 9.17) is 4.74 Å². The highest BCUT2D eigenvalue weighted by Gasteiger charge is 2.18. The summed E-state index contributed by atoms with van der Waals surface area (Å²) in [6, 6.07) is 13.1. The van der Waals surface area contributed by atoms with Crippen LogP contribution in [0.5, 0.6) is 5.75 Å². The average Bonchev–Trinajstić information content (AvgIpc) is 2.72. The van der Waals surface area contributed by atoms with Gasteiger partial charge < -0.3 is 20.7 Å². The predicted molar refractivity (Wildman–Crippen MR) is 117 cm³/mol. The van der Waals surface area contributed by atoms with Gasteiger partial charge in [-0.25, -0.2) is 0 Å². The Labute approximate surface area is 176 Å². The second-order valence-corrected chi connectivity index (χ2v) is 7.00. The summed E-state index contributed by atoms with van der Waals surface area (Å²) in [5.74, 6) is -0.380. The van der Waals surface area contributed by atoms with E-state index in [0.717, 1.165) is 11.3 Å². The normalized spacial score (nSPS) is 11.8. The van der Waals surface area contributed by atoms with E-state index in [1.165, 1.54) is 6.08 Å². The highest BCUT2D eigenvalue weighted by molar-refractivity contribution is 6.05. The van der Waals surface area contributed by atoms with Crippen molar-refractivity contribution in [1.29, 1.82) is 0 Å². The largest absolute Gasteiger partial charge is 0.497 e. The first kappa shape index (κ1) is 22.7. The molecular weight excluding hydrogens is 382 g/mol. The van der Waals surface area contributed by atoms with Crippen LogP contribution in [0.2, 0.25) is 0 Å². The van der Waals surface area contributed by atoms with Gasteiger partial charge >= 0.3 is 0 Å². The summed E-state index contributed by atoms with van der Waals surface area (Å²) in [4.78, 5) is 36.9. The van der Waals surface area contributed by atoms with Gasteiger partial charge in [-0.15, -0.1) is 0 Å². The summed E-state index contributed by atoms with van der Waals surface area (Å²) in [5.41, 5.74) is 1.57. The molecule has 1 atom stereocenters. The topological polar surface area (TPSA) is 96.5 Å². The molecule has 0 spiro atoms. The van der Waals surface area contributed by atoms with Crippen LogP contribution in [0, 0.1) is 0 Å². The number of hydrogen-bond donors (Lipinski definition) is 3. The van der Waals surface area contributed by atoms with Crippen LogP contribution in [0.4, 0.5) is 5.69 Å². The van der Waals surface area contributed by atoms with E-state index in [-0.39, 0.29) is 11.9 Å². The second kappa shape index (κ2) is 10.8. The van der Waals surface area contributed by atoms with Crippen LogP contribution in [-0.4, -0.2) is 36.9 Å². The molecule has 7 heteroatoms. The fraction of sp³-hybridized carbons (Fsp3) is 0.261. The first-order valence-electron chi connectivity index (χ1n) is 9.63. The van der Waals surface area contributed by atoms with Gasteiger partial charge in [0.1, 0.15) is 11.8 Å². The number of methoxy groups -OCH3 is 1. The molecule has 2 aromatic carbocycles. The second-order valence-electron chi connectivity index (χ2n) is 7.00. The van der Waals surface area contributed by atoms with Crippen molar-refractivity contribution < 1.29 is 19.1 Å². The number of amides is 3. The van der Waals surface area contributed by atoms with Crippen molar-refractivity contribution in [2.24, 2.45) is 0 Å². The quantitative estimate of drug-likeness (QED) is 0.584. The minimum absolute atomic E-state index is 0.0306. The summed E-state index contributed by atoms with van der Waals surface area (Å²) >= 11 is 0. The summed E-state index contributed by atoms with van der Waals surface area (Å²) in [5, 5.41) is 8.11. The van der Waals surface area contributed by atoms with Crippen molar-refractivity contribution in [2.75, 3.05) is 12.4 Å². The van der Waals surface area contributed by atoms with Gasteiger partial charge in [-0.05, 0) is 56.7 Å². The maximum Gasteiger partial charge on any atom is 0.253 e. The van der Waals surface area contributed by atoms with Crippen LogP contribution in [0.1, 0.15) is 36.7 Å². The van der Waals surface area contributed by atoms with Crippen molar-refractivity contribution >= 4 is 29.5 Å². The minimum Gasteiger partial charge on any atom is -0.497 e. The Kier molecular flexibility index (Phi) is 8.17. The van der Waals surface area contributed by atoms with Crippen LogP contribution in [0.25, 0.3) is 6.08 Å². The molecule has 0 radical (unpaired) electrons. The predicted octanol–water partition coefficient (Wildman–Crippen LogP) is 2.99. The Balaban J connectivity index is 1.96. The lowest BCUT2D eigenvalue weighted by Gasteiger charge is -2.16. The smallest absolute Gasteiger partial charge is 0.253 e. The van der Waals surface area contributed by atoms with Crippen LogP contribution >= 0.6 is 0 Å². The minimum atomic E-state index is -0.792. The van der Waals surface area contributed by atoms with Gasteiger partial charge in [-0.2, -0.15) is 0 Å². The third-order valence-electron chi connectivity index (χ3n) is 4.14. The third-order valence-corrected chi connectivity index (χ3v) is 4.14. The van der Waals surface area contributed by atoms with E-state index in [1.807, 2.05) is 26.0 Å². The van der Waals surface area contributed by atoms with Gasteiger partial charge in [-0.1, -0.05) is 24.3 Å². The number of para-hydroxylation sites is 1. The molecule has 0 aliphatic rings. The number of hydrogen-bond acceptors (Lipinski definition) is 4. The summed E-state index contributed by atoms with van der Waals surface area (Å²) in [7, 11) is 1.58. The molecule has 0 aliphatic heterocycles. The molecule has 7 nitrogen and oxygen atoms in total. The molecule has 158 valence electrons. The van der Waals surface area contributed by atoms with Crippen LogP contribution in [-0.2, 0) is 9.59 Å². The SMILES string of the molecule is COc1ccc(/C=C/C(=O)NC(C)C(=O)Nc2ccccc2C(=O)NC(C)C)cc1. The molecule has 0 aromatic heterocycles. The Morgan fingerprint density at radius 2 is 1.60 bits per heavy atom. The molecule has 0 heterocycles. The van der Waals surface area contributed by atoms with Crippen molar-refractivity contribution in [2.45, 2.75) is 32.9 Å². The molecule has 0 bridgehead atoms. The van der Waals surface area contributed by atoms with Gasteiger partial charge in [0.2, 0.25) is 11.8 Å². The molecule has 0 aliphatic carbocycles. The zero-order valence-electron chi connectivity index (χ0n) is 17.6. The van der Waals surface area contributed by atoms with E-state index in [0.29, 0.717) is 11.3 Å². The first-order chi connectivity index (χ1) is 14.3. The molecule has 0 saturated carbocycles. The lowest BCUT2D eigenvalue weighted by Crippen LogP contribution is -2.41. The van der Waals surface area contributed by atoms with E-state index >= 15 is 0 Å². The summed E-state index contributed by atoms with van der Waals surface area (Å²) in [6.45, 7) is 5.29. The zero-order chi connectivity index (χ0) is 22.1. The number of ether oxygens (including phenoxy) is 1. The highest BCUT2D eigenvalue weighted by Crippen LogP contribution is 2.16. The lowest BCUT2D eigenvalue weighted by molar-refractivity contribution is -0.123. The molecule has 1 unspecified atom stereocenters. The van der Waals surface area contributed by atoms with Gasteiger partial charge in [0.05, 0.1) is 18.4 Å². The molecule has 0 fully saturated rings. The monoisotopic (exact) mass is 409 g/mol. The number of nitrogens with one attached hydrogen (secondary N) is 3. The van der Waals surface area contributed by atoms with E-state index in [9.17, 15) is 14.4 Å². The van der Waals surface area contributed by atoms with Crippen molar-refractivity contribution in [3.05, 3.63) is 65.7 Å². The zero-order valence-corrected chi connectivity index (χ0v) is 17.6. The number of carbonyl (C=O) groups is 3. The molecular formula is C23H27N3O4. The fourth-order valence-electron chi connectivity index (χ4n) is 2.59. The Bertz CT molecular complexity index is 920. The first-order valence-corrected chi connectivity index (χ1v) is 9.63. The third kappa shape index (κ3) is 6.77. The molecule has 2 aromatic rings. The molecule has 30 heavy (non-hydrogen) atoms. The number of rotatable bonds is 8. The van der Waals surface area contributed by atoms with Gasteiger partial charge in [0.15, 0.2) is 0 Å². The van der Waals surface area contributed by atoms with Crippen molar-refractivity contribution in [3.63, 3.8) is 0 Å². The standard InChI is InChI=1S/C23H27N3O4/c1-15(2)24-23(29)19-7-5-6-8-20(19)26-22(28)16(3)25-21(27)14-11-17-9-12-18(30-4)13-10-17/h5-16H,1-4H3,(H,24,29)(H,25,27)(H,26,28)/b14-11+. The average molecular weight is 409 g/mol. The highest BCUT2D eigenvalue weighted by atomic mass is 16.5. The number of carbonyl (C=O) groups excluding carboxylic acids is 3. The van der Waals surface area contributed by atoms with Crippen LogP contribution < -0.4 is 20.7 Å². The van der Waals surface area contributed by atoms with E-state index < -0.39 is 17.9 Å². The van der Waals surface area contributed by atoms with Gasteiger partial charge in [0, 0.05) is 12.1 Å². The molecule has 3 N–H and O–H groups in total. The Morgan fingerprint density at radius 1 is 0.933 bits per heavy atom. The van der Waals surface area contributed by atoms with Crippen LogP contribution in [0.15, 0.2) is 54.6 Å². The maximum absolute atomic E-state index is 12.5. The molecule has 3 amide bonds. The van der Waals surface area contributed by atoms with Gasteiger partial charge in [0.25, 0.3) is 5.91 Å². The van der Waals surface area contributed by atoms with Crippen LogP contribution in [0.3, 0.4) is 0 Å². The summed E-state index contributed by atoms with van der Waals surface area (Å²) in [6.07, 6.45) is 3.00. The Morgan fingerprint density at radius 3 is 2.23 bits per heavy atom. The van der Waals surface area contributed by atoms with E-state index in [1.54, 1.807) is 56.5 Å². The molecule has 2 rings (SSSR count). The maximum atomic E-state index is 12.5. The summed E-state index contributed by atoms with van der Waals surface area (Å²) < 4.78 is 5.09. The Hall–Kier alpha value is -3.61. The van der Waals surface area contributed by atoms with Crippen molar-refractivity contribution in [3.8, 4) is 5.75 Å². The number of benzene rings is 2. The lowest BCUT2D eigenvalue weighted by atomic mass is 10.1. The van der Waals surface area contributed by atoms with Gasteiger partial charge in [-0.3, -0.25) is 14.4 Å². The number of anilines is 1. The van der Waals surface area contributed by atoms with Crippen molar-refractivity contribution in [1.82, 2.24) is 10.6 Å². The van der Waals surface area contributed by atoms with E-state index in [2.05, 4.69) is 16.0 Å².